The van der Waals surface area contributed by atoms with Gasteiger partial charge in [0.2, 0.25) is 5.90 Å². The van der Waals surface area contributed by atoms with E-state index in [9.17, 15) is 4.79 Å². The molecule has 1 fully saturated rings. The Morgan fingerprint density at radius 3 is 2.42 bits per heavy atom. The van der Waals surface area contributed by atoms with Crippen LogP contribution in [0.1, 0.15) is 30.0 Å². The maximum absolute atomic E-state index is 12.5. The number of nitrogens with one attached hydrogen (secondary N) is 2. The molecule has 7 nitrogen and oxygen atoms in total. The largest absolute Gasteiger partial charge is 0.481 e. The zero-order valence-electron chi connectivity index (χ0n) is 18.8. The first-order valence-electron chi connectivity index (χ1n) is 10.9. The third-order valence-electron chi connectivity index (χ3n) is 5.91. The number of thiazole rings is 1. The number of aromatic nitrogens is 1. The van der Waals surface area contributed by atoms with Crippen molar-refractivity contribution in [3.05, 3.63) is 71.1 Å². The SMILES string of the molecule is COC(=N)c1ccc(-c2csc(NC3CCN(C(C(=O)OC)c4ccccc4)CC3)n2)cc1. The molecular formula is C25H28N4O3S. The topological polar surface area (TPSA) is 87.5 Å². The summed E-state index contributed by atoms with van der Waals surface area (Å²) < 4.78 is 10.1. The molecule has 2 heterocycles. The monoisotopic (exact) mass is 464 g/mol. The average molecular weight is 465 g/mol. The Morgan fingerprint density at radius 2 is 1.79 bits per heavy atom. The normalized spacial score (nSPS) is 15.6. The van der Waals surface area contributed by atoms with Gasteiger partial charge in [-0.2, -0.15) is 0 Å². The summed E-state index contributed by atoms with van der Waals surface area (Å²) in [5.74, 6) is -0.0703. The second-order valence-corrected chi connectivity index (χ2v) is 8.80. The zero-order valence-corrected chi connectivity index (χ0v) is 19.6. The number of methoxy groups -OCH3 is 2. The number of likely N-dealkylation sites (tertiary alicyclic amines) is 1. The number of hydrogen-bond donors (Lipinski definition) is 2. The number of esters is 1. The Bertz CT molecular complexity index is 1080. The van der Waals surface area contributed by atoms with Crippen LogP contribution in [0.15, 0.2) is 60.0 Å². The number of hydrogen-bond acceptors (Lipinski definition) is 8. The summed E-state index contributed by atoms with van der Waals surface area (Å²) in [7, 11) is 2.94. The van der Waals surface area contributed by atoms with Gasteiger partial charge in [0, 0.05) is 35.6 Å². The molecule has 1 aliphatic rings. The number of ether oxygens (including phenoxy) is 2. The molecule has 0 spiro atoms. The molecule has 0 amide bonds. The van der Waals surface area contributed by atoms with E-state index in [-0.39, 0.29) is 17.9 Å². The molecule has 4 rings (SSSR count). The van der Waals surface area contributed by atoms with Gasteiger partial charge in [-0.25, -0.2) is 9.78 Å². The minimum absolute atomic E-state index is 0.148. The van der Waals surface area contributed by atoms with Crippen LogP contribution in [0, 0.1) is 5.41 Å². The minimum Gasteiger partial charge on any atom is -0.481 e. The molecule has 2 N–H and O–H groups in total. The van der Waals surface area contributed by atoms with E-state index in [1.165, 1.54) is 14.2 Å². The van der Waals surface area contributed by atoms with Gasteiger partial charge >= 0.3 is 5.97 Å². The second kappa shape index (κ2) is 10.6. The van der Waals surface area contributed by atoms with Crippen molar-refractivity contribution in [2.24, 2.45) is 0 Å². The van der Waals surface area contributed by atoms with Crippen LogP contribution in [-0.2, 0) is 14.3 Å². The van der Waals surface area contributed by atoms with Gasteiger partial charge in [-0.1, -0.05) is 42.5 Å². The quantitative estimate of drug-likeness (QED) is 0.303. The van der Waals surface area contributed by atoms with Crippen LogP contribution >= 0.6 is 11.3 Å². The molecule has 172 valence electrons. The molecule has 1 unspecified atom stereocenters. The number of rotatable bonds is 7. The summed E-state index contributed by atoms with van der Waals surface area (Å²) in [5, 5.41) is 14.2. The van der Waals surface area contributed by atoms with Crippen LogP contribution in [0.4, 0.5) is 5.13 Å². The molecule has 8 heteroatoms. The van der Waals surface area contributed by atoms with E-state index in [1.807, 2.05) is 60.0 Å². The number of nitrogens with zero attached hydrogens (tertiary/aromatic N) is 2. The molecule has 1 aliphatic heterocycles. The molecule has 0 radical (unpaired) electrons. The molecular weight excluding hydrogens is 436 g/mol. The third-order valence-corrected chi connectivity index (χ3v) is 6.69. The smallest absolute Gasteiger partial charge is 0.327 e. The van der Waals surface area contributed by atoms with E-state index in [2.05, 4.69) is 10.2 Å². The first-order valence-corrected chi connectivity index (χ1v) is 11.8. The molecule has 1 saturated heterocycles. The molecule has 0 aliphatic carbocycles. The predicted octanol–water partition coefficient (Wildman–Crippen LogP) is 4.57. The van der Waals surface area contributed by atoms with Gasteiger partial charge in [0.05, 0.1) is 19.9 Å². The lowest BCUT2D eigenvalue weighted by Gasteiger charge is -2.36. The molecule has 33 heavy (non-hydrogen) atoms. The summed E-state index contributed by atoms with van der Waals surface area (Å²) in [6.45, 7) is 1.61. The molecule has 3 aromatic rings. The van der Waals surface area contributed by atoms with E-state index in [0.717, 1.165) is 53.4 Å². The van der Waals surface area contributed by atoms with Crippen LogP contribution in [0.3, 0.4) is 0 Å². The van der Waals surface area contributed by atoms with Crippen LogP contribution in [0.25, 0.3) is 11.3 Å². The highest BCUT2D eigenvalue weighted by molar-refractivity contribution is 7.14. The summed E-state index contributed by atoms with van der Waals surface area (Å²) >= 11 is 1.59. The van der Waals surface area contributed by atoms with Crippen molar-refractivity contribution in [1.82, 2.24) is 9.88 Å². The van der Waals surface area contributed by atoms with Gasteiger partial charge in [-0.15, -0.1) is 11.3 Å². The number of carbonyl (C=O) groups is 1. The standard InChI is InChI=1S/C25H28N4O3S/c1-31-23(26)19-10-8-17(9-11-19)21-16-33-25(28-21)27-20-12-14-29(15-13-20)22(24(30)32-2)18-6-4-3-5-7-18/h3-11,16,20,22,26H,12-15H2,1-2H3,(H,27,28). The highest BCUT2D eigenvalue weighted by Crippen LogP contribution is 2.29. The van der Waals surface area contributed by atoms with Gasteiger partial charge in [0.15, 0.2) is 5.13 Å². The Balaban J connectivity index is 1.36. The van der Waals surface area contributed by atoms with E-state index >= 15 is 0 Å². The van der Waals surface area contributed by atoms with Crippen molar-refractivity contribution in [2.75, 3.05) is 32.6 Å². The van der Waals surface area contributed by atoms with E-state index in [0.29, 0.717) is 6.04 Å². The number of piperidine rings is 1. The summed E-state index contributed by atoms with van der Waals surface area (Å²) in [6, 6.07) is 17.4. The Kier molecular flexibility index (Phi) is 7.36. The lowest BCUT2D eigenvalue weighted by molar-refractivity contribution is -0.147. The average Bonchev–Trinajstić information content (AvgIpc) is 3.34. The van der Waals surface area contributed by atoms with Crippen molar-refractivity contribution in [2.45, 2.75) is 24.9 Å². The van der Waals surface area contributed by atoms with Gasteiger partial charge in [-0.05, 0) is 30.5 Å². The lowest BCUT2D eigenvalue weighted by atomic mass is 9.99. The van der Waals surface area contributed by atoms with Crippen LogP contribution < -0.4 is 5.32 Å². The zero-order chi connectivity index (χ0) is 23.2. The fourth-order valence-electron chi connectivity index (χ4n) is 4.10. The predicted molar refractivity (Wildman–Crippen MR) is 131 cm³/mol. The molecule has 1 atom stereocenters. The Hall–Kier alpha value is -3.23. The number of benzene rings is 2. The van der Waals surface area contributed by atoms with Gasteiger partial charge in [0.1, 0.15) is 6.04 Å². The molecule has 0 bridgehead atoms. The second-order valence-electron chi connectivity index (χ2n) is 7.94. The summed E-state index contributed by atoms with van der Waals surface area (Å²) in [5.41, 5.74) is 3.62. The first-order chi connectivity index (χ1) is 16.1. The van der Waals surface area contributed by atoms with Crippen molar-refractivity contribution in [1.29, 1.82) is 5.41 Å². The van der Waals surface area contributed by atoms with Crippen molar-refractivity contribution in [3.8, 4) is 11.3 Å². The minimum atomic E-state index is -0.369. The number of anilines is 1. The first kappa shape index (κ1) is 22.9. The van der Waals surface area contributed by atoms with Gasteiger partial charge in [0.25, 0.3) is 0 Å². The van der Waals surface area contributed by atoms with E-state index < -0.39 is 0 Å². The van der Waals surface area contributed by atoms with E-state index in [4.69, 9.17) is 19.9 Å². The van der Waals surface area contributed by atoms with Crippen LogP contribution in [0.5, 0.6) is 0 Å². The molecule has 2 aromatic carbocycles. The number of carbonyl (C=O) groups excluding carboxylic acids is 1. The van der Waals surface area contributed by atoms with Crippen LogP contribution in [0.2, 0.25) is 0 Å². The summed E-state index contributed by atoms with van der Waals surface area (Å²) in [6.07, 6.45) is 1.84. The Labute approximate surface area is 197 Å². The van der Waals surface area contributed by atoms with Gasteiger partial charge in [-0.3, -0.25) is 10.3 Å². The van der Waals surface area contributed by atoms with Gasteiger partial charge < -0.3 is 14.8 Å². The molecule has 1 aromatic heterocycles. The van der Waals surface area contributed by atoms with E-state index in [1.54, 1.807) is 11.3 Å². The fraction of sp³-hybridized carbons (Fsp3) is 0.320. The highest BCUT2D eigenvalue weighted by Gasteiger charge is 2.32. The maximum atomic E-state index is 12.5. The molecule has 0 saturated carbocycles. The van der Waals surface area contributed by atoms with Crippen molar-refractivity contribution in [3.63, 3.8) is 0 Å². The highest BCUT2D eigenvalue weighted by atomic mass is 32.1. The summed E-state index contributed by atoms with van der Waals surface area (Å²) in [4.78, 5) is 19.4. The Morgan fingerprint density at radius 1 is 1.09 bits per heavy atom. The van der Waals surface area contributed by atoms with Crippen LogP contribution in [-0.4, -0.2) is 55.1 Å². The fourth-order valence-corrected chi connectivity index (χ4v) is 4.90. The van der Waals surface area contributed by atoms with Crippen molar-refractivity contribution < 1.29 is 14.3 Å². The third kappa shape index (κ3) is 5.40. The maximum Gasteiger partial charge on any atom is 0.327 e. The lowest BCUT2D eigenvalue weighted by Crippen LogP contribution is -2.43. The van der Waals surface area contributed by atoms with Crippen molar-refractivity contribution >= 4 is 28.3 Å².